The molecule has 2 aliphatic heterocycles. The van der Waals surface area contributed by atoms with Gasteiger partial charge in [0.15, 0.2) is 5.96 Å². The summed E-state index contributed by atoms with van der Waals surface area (Å²) in [6.07, 6.45) is 3.87. The van der Waals surface area contributed by atoms with Crippen LogP contribution in [-0.2, 0) is 6.54 Å². The van der Waals surface area contributed by atoms with Crippen LogP contribution in [0.3, 0.4) is 0 Å². The van der Waals surface area contributed by atoms with E-state index in [2.05, 4.69) is 20.1 Å². The molecule has 2 fully saturated rings. The highest BCUT2D eigenvalue weighted by Gasteiger charge is 2.30. The quantitative estimate of drug-likeness (QED) is 0.612. The molecule has 2 saturated heterocycles. The maximum atomic E-state index is 14.5. The third kappa shape index (κ3) is 4.72. The first-order valence-electron chi connectivity index (χ1n) is 10.4. The van der Waals surface area contributed by atoms with Crippen molar-refractivity contribution in [1.82, 2.24) is 15.1 Å². The Labute approximate surface area is 163 Å². The van der Waals surface area contributed by atoms with Crippen molar-refractivity contribution in [3.8, 4) is 0 Å². The van der Waals surface area contributed by atoms with Gasteiger partial charge in [-0.3, -0.25) is 9.89 Å². The molecule has 0 aromatic heterocycles. The number of nitrogens with zero attached hydrogens (tertiary/aromatic N) is 4. The number of anilines is 1. The summed E-state index contributed by atoms with van der Waals surface area (Å²) in [6, 6.07) is 6.19. The Bertz CT molecular complexity index is 637. The van der Waals surface area contributed by atoms with Crippen molar-refractivity contribution in [3.05, 3.63) is 29.6 Å². The third-order valence-corrected chi connectivity index (χ3v) is 5.90. The van der Waals surface area contributed by atoms with Gasteiger partial charge in [-0.05, 0) is 63.9 Å². The number of benzene rings is 1. The van der Waals surface area contributed by atoms with Gasteiger partial charge in [-0.1, -0.05) is 6.07 Å². The lowest BCUT2D eigenvalue weighted by Gasteiger charge is -2.25. The van der Waals surface area contributed by atoms with E-state index in [1.807, 2.05) is 37.9 Å². The maximum Gasteiger partial charge on any atom is 0.193 e. The van der Waals surface area contributed by atoms with Crippen LogP contribution in [0.4, 0.5) is 10.1 Å². The molecule has 150 valence electrons. The Kier molecular flexibility index (Phi) is 6.94. The number of rotatable bonds is 6. The summed E-state index contributed by atoms with van der Waals surface area (Å²) < 4.78 is 14.5. The van der Waals surface area contributed by atoms with Crippen molar-refractivity contribution >= 4 is 11.6 Å². The Balaban J connectivity index is 1.56. The van der Waals surface area contributed by atoms with Gasteiger partial charge in [-0.25, -0.2) is 4.39 Å². The highest BCUT2D eigenvalue weighted by Crippen LogP contribution is 2.22. The van der Waals surface area contributed by atoms with Gasteiger partial charge in [-0.2, -0.15) is 0 Å². The lowest BCUT2D eigenvalue weighted by molar-refractivity contribution is 0.249. The summed E-state index contributed by atoms with van der Waals surface area (Å²) in [5, 5.41) is 3.42. The molecule has 0 amide bonds. The van der Waals surface area contributed by atoms with Crippen molar-refractivity contribution in [1.29, 1.82) is 0 Å². The lowest BCUT2D eigenvalue weighted by atomic mass is 10.2. The molecule has 6 heteroatoms. The van der Waals surface area contributed by atoms with E-state index in [-0.39, 0.29) is 5.82 Å². The minimum atomic E-state index is -0.150. The molecule has 0 bridgehead atoms. The standard InChI is InChI=1S/C21H34FN5/c1-4-25(5-2)20-9-8-17(14-19(20)22)15-24-21(23-3)27-13-10-18(16-27)26-11-6-7-12-26/h8-9,14,18H,4-7,10-13,15-16H2,1-3H3,(H,23,24). The van der Waals surface area contributed by atoms with Crippen LogP contribution in [0, 0.1) is 5.82 Å². The number of hydrogen-bond acceptors (Lipinski definition) is 3. The normalized spacial score (nSPS) is 21.1. The van der Waals surface area contributed by atoms with Crippen LogP contribution >= 0.6 is 0 Å². The van der Waals surface area contributed by atoms with E-state index in [4.69, 9.17) is 0 Å². The number of halogens is 1. The number of nitrogens with one attached hydrogen (secondary N) is 1. The molecule has 1 unspecified atom stereocenters. The van der Waals surface area contributed by atoms with Crippen LogP contribution in [0.1, 0.15) is 38.7 Å². The number of guanidine groups is 1. The molecule has 0 spiro atoms. The Hall–Kier alpha value is -1.82. The van der Waals surface area contributed by atoms with Crippen molar-refractivity contribution in [3.63, 3.8) is 0 Å². The molecule has 2 heterocycles. The van der Waals surface area contributed by atoms with Gasteiger partial charge >= 0.3 is 0 Å². The highest BCUT2D eigenvalue weighted by molar-refractivity contribution is 5.80. The van der Waals surface area contributed by atoms with E-state index in [0.717, 1.165) is 37.7 Å². The first kappa shape index (κ1) is 19.9. The second-order valence-electron chi connectivity index (χ2n) is 7.49. The number of likely N-dealkylation sites (tertiary alicyclic amines) is 2. The molecule has 5 nitrogen and oxygen atoms in total. The monoisotopic (exact) mass is 375 g/mol. The summed E-state index contributed by atoms with van der Waals surface area (Å²) >= 11 is 0. The maximum absolute atomic E-state index is 14.5. The van der Waals surface area contributed by atoms with Crippen molar-refractivity contribution in [2.45, 2.75) is 45.7 Å². The van der Waals surface area contributed by atoms with Crippen molar-refractivity contribution < 1.29 is 4.39 Å². The van der Waals surface area contributed by atoms with Crippen LogP contribution in [0.15, 0.2) is 23.2 Å². The first-order valence-corrected chi connectivity index (χ1v) is 10.4. The molecule has 27 heavy (non-hydrogen) atoms. The Morgan fingerprint density at radius 2 is 1.96 bits per heavy atom. The average Bonchev–Trinajstić information content (AvgIpc) is 3.36. The van der Waals surface area contributed by atoms with E-state index in [9.17, 15) is 4.39 Å². The predicted octanol–water partition coefficient (Wildman–Crippen LogP) is 2.92. The molecule has 1 aromatic rings. The Morgan fingerprint density at radius 1 is 1.22 bits per heavy atom. The van der Waals surface area contributed by atoms with Crippen molar-refractivity contribution in [2.24, 2.45) is 4.99 Å². The minimum absolute atomic E-state index is 0.150. The van der Waals surface area contributed by atoms with Gasteiger partial charge in [0.1, 0.15) is 5.82 Å². The zero-order chi connectivity index (χ0) is 19.2. The van der Waals surface area contributed by atoms with Gasteiger partial charge in [0.2, 0.25) is 0 Å². The average molecular weight is 376 g/mol. The van der Waals surface area contributed by atoms with Gasteiger partial charge in [0, 0.05) is 45.8 Å². The summed E-state index contributed by atoms with van der Waals surface area (Å²) in [5.74, 6) is 0.771. The van der Waals surface area contributed by atoms with Crippen LogP contribution in [-0.4, -0.2) is 68.1 Å². The van der Waals surface area contributed by atoms with Crippen LogP contribution in [0.5, 0.6) is 0 Å². The van der Waals surface area contributed by atoms with E-state index < -0.39 is 0 Å². The number of aliphatic imine (C=N–C) groups is 1. The molecular weight excluding hydrogens is 341 g/mol. The number of hydrogen-bond donors (Lipinski definition) is 1. The fourth-order valence-corrected chi connectivity index (χ4v) is 4.33. The summed E-state index contributed by atoms with van der Waals surface area (Å²) in [6.45, 7) is 10.9. The fourth-order valence-electron chi connectivity index (χ4n) is 4.33. The lowest BCUT2D eigenvalue weighted by Crippen LogP contribution is -2.42. The summed E-state index contributed by atoms with van der Waals surface area (Å²) in [5.41, 5.74) is 1.63. The molecule has 0 radical (unpaired) electrons. The van der Waals surface area contributed by atoms with Crippen LogP contribution in [0.2, 0.25) is 0 Å². The molecule has 3 rings (SSSR count). The van der Waals surface area contributed by atoms with Gasteiger partial charge < -0.3 is 15.1 Å². The van der Waals surface area contributed by atoms with E-state index >= 15 is 0 Å². The highest BCUT2D eigenvalue weighted by atomic mass is 19.1. The van der Waals surface area contributed by atoms with Crippen LogP contribution in [0.25, 0.3) is 0 Å². The molecule has 0 saturated carbocycles. The zero-order valence-electron chi connectivity index (χ0n) is 17.0. The molecule has 0 aliphatic carbocycles. The first-order chi connectivity index (χ1) is 13.2. The van der Waals surface area contributed by atoms with Gasteiger partial charge in [0.05, 0.1) is 5.69 Å². The van der Waals surface area contributed by atoms with E-state index in [1.165, 1.54) is 32.4 Å². The predicted molar refractivity (Wildman–Crippen MR) is 111 cm³/mol. The zero-order valence-corrected chi connectivity index (χ0v) is 17.0. The smallest absolute Gasteiger partial charge is 0.193 e. The third-order valence-electron chi connectivity index (χ3n) is 5.90. The summed E-state index contributed by atoms with van der Waals surface area (Å²) in [7, 11) is 1.83. The van der Waals surface area contributed by atoms with Gasteiger partial charge in [-0.15, -0.1) is 0 Å². The molecule has 1 aromatic carbocycles. The second-order valence-corrected chi connectivity index (χ2v) is 7.49. The topological polar surface area (TPSA) is 34.1 Å². The van der Waals surface area contributed by atoms with Crippen LogP contribution < -0.4 is 10.2 Å². The largest absolute Gasteiger partial charge is 0.370 e. The summed E-state index contributed by atoms with van der Waals surface area (Å²) in [4.78, 5) is 11.4. The second kappa shape index (κ2) is 9.40. The molecular formula is C21H34FN5. The molecule has 1 atom stereocenters. The van der Waals surface area contributed by atoms with Gasteiger partial charge in [0.25, 0.3) is 0 Å². The molecule has 1 N–H and O–H groups in total. The fraction of sp³-hybridized carbons (Fsp3) is 0.667. The van der Waals surface area contributed by atoms with Crippen molar-refractivity contribution in [2.75, 3.05) is 51.2 Å². The SMILES string of the molecule is CCN(CC)c1ccc(CNC(=NC)N2CCC(N3CCCC3)C2)cc1F. The van der Waals surface area contributed by atoms with E-state index in [0.29, 0.717) is 18.3 Å². The molecule has 2 aliphatic rings. The van der Waals surface area contributed by atoms with E-state index in [1.54, 1.807) is 6.07 Å². The Morgan fingerprint density at radius 3 is 2.59 bits per heavy atom. The minimum Gasteiger partial charge on any atom is -0.370 e.